The van der Waals surface area contributed by atoms with Gasteiger partial charge >= 0.3 is 0 Å². The molecule has 1 fully saturated rings. The number of aromatic amines is 1. The van der Waals surface area contributed by atoms with E-state index in [9.17, 15) is 9.59 Å². The van der Waals surface area contributed by atoms with Gasteiger partial charge in [0.05, 0.1) is 12.8 Å². The van der Waals surface area contributed by atoms with E-state index >= 15 is 0 Å². The molecule has 3 aromatic rings. The molecule has 0 spiro atoms. The number of piperidine rings is 1. The topological polar surface area (TPSA) is 91.2 Å². The molecule has 0 bridgehead atoms. The fourth-order valence-electron chi connectivity index (χ4n) is 3.49. The SMILES string of the molecule is O=C(NCc1ccco1)c1cc(C2CCN(C(=O)c3ccccc3)CC2)[nH]n1. The summed E-state index contributed by atoms with van der Waals surface area (Å²) in [7, 11) is 0. The van der Waals surface area contributed by atoms with E-state index in [0.29, 0.717) is 31.1 Å². The Balaban J connectivity index is 1.31. The van der Waals surface area contributed by atoms with E-state index in [4.69, 9.17) is 4.42 Å². The summed E-state index contributed by atoms with van der Waals surface area (Å²) in [6.45, 7) is 1.71. The van der Waals surface area contributed by atoms with Gasteiger partial charge in [0.25, 0.3) is 11.8 Å². The van der Waals surface area contributed by atoms with Crippen LogP contribution in [0.1, 0.15) is 51.1 Å². The monoisotopic (exact) mass is 378 g/mol. The zero-order valence-corrected chi connectivity index (χ0v) is 15.4. The molecule has 0 saturated carbocycles. The first-order valence-corrected chi connectivity index (χ1v) is 9.41. The molecule has 3 heterocycles. The van der Waals surface area contributed by atoms with Gasteiger partial charge in [0, 0.05) is 30.3 Å². The maximum Gasteiger partial charge on any atom is 0.272 e. The molecule has 0 unspecified atom stereocenters. The average molecular weight is 378 g/mol. The highest BCUT2D eigenvalue weighted by Crippen LogP contribution is 2.27. The number of furan rings is 1. The van der Waals surface area contributed by atoms with Gasteiger partial charge in [0.15, 0.2) is 0 Å². The van der Waals surface area contributed by atoms with Crippen LogP contribution in [-0.4, -0.2) is 40.0 Å². The summed E-state index contributed by atoms with van der Waals surface area (Å²) in [6.07, 6.45) is 3.26. The van der Waals surface area contributed by atoms with Crippen LogP contribution in [0.15, 0.2) is 59.2 Å². The highest BCUT2D eigenvalue weighted by molar-refractivity contribution is 5.94. The summed E-state index contributed by atoms with van der Waals surface area (Å²) in [4.78, 5) is 26.7. The first kappa shape index (κ1) is 18.0. The van der Waals surface area contributed by atoms with Crippen molar-refractivity contribution in [2.24, 2.45) is 0 Å². The Bertz CT molecular complexity index is 926. The highest BCUT2D eigenvalue weighted by atomic mass is 16.3. The van der Waals surface area contributed by atoms with Crippen molar-refractivity contribution in [3.8, 4) is 0 Å². The smallest absolute Gasteiger partial charge is 0.272 e. The number of carbonyl (C=O) groups excluding carboxylic acids is 2. The maximum atomic E-state index is 12.6. The van der Waals surface area contributed by atoms with Crippen LogP contribution in [0.4, 0.5) is 0 Å². The Morgan fingerprint density at radius 1 is 1.14 bits per heavy atom. The summed E-state index contributed by atoms with van der Waals surface area (Å²) < 4.78 is 5.21. The Morgan fingerprint density at radius 3 is 2.64 bits per heavy atom. The first-order valence-electron chi connectivity index (χ1n) is 9.41. The molecule has 4 rings (SSSR count). The van der Waals surface area contributed by atoms with Crippen LogP contribution in [0.25, 0.3) is 0 Å². The third-order valence-electron chi connectivity index (χ3n) is 5.08. The molecule has 144 valence electrons. The summed E-state index contributed by atoms with van der Waals surface area (Å²) in [5.41, 5.74) is 2.03. The number of nitrogens with one attached hydrogen (secondary N) is 2. The third-order valence-corrected chi connectivity index (χ3v) is 5.08. The van der Waals surface area contributed by atoms with Gasteiger partial charge in [0.2, 0.25) is 0 Å². The second-order valence-corrected chi connectivity index (χ2v) is 6.90. The molecule has 2 N–H and O–H groups in total. The van der Waals surface area contributed by atoms with E-state index in [1.807, 2.05) is 35.2 Å². The van der Waals surface area contributed by atoms with Crippen molar-refractivity contribution in [2.75, 3.05) is 13.1 Å². The van der Waals surface area contributed by atoms with Gasteiger partial charge in [-0.05, 0) is 43.2 Å². The molecule has 1 aliphatic heterocycles. The molecular formula is C21H22N4O3. The number of hydrogen-bond acceptors (Lipinski definition) is 4. The summed E-state index contributed by atoms with van der Waals surface area (Å²) >= 11 is 0. The number of H-pyrrole nitrogens is 1. The minimum atomic E-state index is -0.240. The largest absolute Gasteiger partial charge is 0.467 e. The lowest BCUT2D eigenvalue weighted by Crippen LogP contribution is -2.37. The van der Waals surface area contributed by atoms with Gasteiger partial charge < -0.3 is 14.6 Å². The molecule has 0 atom stereocenters. The van der Waals surface area contributed by atoms with E-state index in [-0.39, 0.29) is 17.7 Å². The van der Waals surface area contributed by atoms with Crippen LogP contribution in [0, 0.1) is 0 Å². The molecule has 7 nitrogen and oxygen atoms in total. The molecule has 28 heavy (non-hydrogen) atoms. The van der Waals surface area contributed by atoms with Crippen LogP contribution in [-0.2, 0) is 6.54 Å². The predicted octanol–water partition coefficient (Wildman–Crippen LogP) is 2.95. The Kier molecular flexibility index (Phi) is 5.23. The van der Waals surface area contributed by atoms with Crippen molar-refractivity contribution >= 4 is 11.8 Å². The summed E-state index contributed by atoms with van der Waals surface area (Å²) in [6, 6.07) is 14.7. The Morgan fingerprint density at radius 2 is 1.93 bits per heavy atom. The van der Waals surface area contributed by atoms with Gasteiger partial charge in [-0.3, -0.25) is 14.7 Å². The number of rotatable bonds is 5. The van der Waals surface area contributed by atoms with Gasteiger partial charge in [0.1, 0.15) is 11.5 Å². The van der Waals surface area contributed by atoms with Gasteiger partial charge in [-0.1, -0.05) is 18.2 Å². The molecule has 2 amide bonds. The zero-order chi connectivity index (χ0) is 19.3. The minimum Gasteiger partial charge on any atom is -0.467 e. The first-order chi connectivity index (χ1) is 13.7. The highest BCUT2D eigenvalue weighted by Gasteiger charge is 2.26. The number of likely N-dealkylation sites (tertiary alicyclic amines) is 1. The summed E-state index contributed by atoms with van der Waals surface area (Å²) in [5, 5.41) is 9.92. The van der Waals surface area contributed by atoms with Crippen molar-refractivity contribution < 1.29 is 14.0 Å². The number of hydrogen-bond donors (Lipinski definition) is 2. The van der Waals surface area contributed by atoms with Gasteiger partial charge in [-0.15, -0.1) is 0 Å². The van der Waals surface area contributed by atoms with Crippen molar-refractivity contribution in [3.05, 3.63) is 77.5 Å². The molecule has 1 aromatic carbocycles. The molecular weight excluding hydrogens is 356 g/mol. The quantitative estimate of drug-likeness (QED) is 0.714. The van der Waals surface area contributed by atoms with Crippen LogP contribution < -0.4 is 5.32 Å². The van der Waals surface area contributed by atoms with Crippen molar-refractivity contribution in [2.45, 2.75) is 25.3 Å². The number of nitrogens with zero attached hydrogens (tertiary/aromatic N) is 2. The fraction of sp³-hybridized carbons (Fsp3) is 0.286. The molecule has 0 radical (unpaired) electrons. The molecule has 1 saturated heterocycles. The normalized spacial score (nSPS) is 14.8. The third kappa shape index (κ3) is 3.98. The van der Waals surface area contributed by atoms with E-state index < -0.39 is 0 Å². The number of benzene rings is 1. The van der Waals surface area contributed by atoms with Crippen molar-refractivity contribution in [1.29, 1.82) is 0 Å². The second kappa shape index (κ2) is 8.12. The fourth-order valence-corrected chi connectivity index (χ4v) is 3.49. The van der Waals surface area contributed by atoms with E-state index in [1.165, 1.54) is 0 Å². The lowest BCUT2D eigenvalue weighted by molar-refractivity contribution is 0.0712. The number of carbonyl (C=O) groups is 2. The Hall–Kier alpha value is -3.35. The van der Waals surface area contributed by atoms with Crippen LogP contribution in [0.3, 0.4) is 0 Å². The molecule has 7 heteroatoms. The molecule has 0 aliphatic carbocycles. The van der Waals surface area contributed by atoms with Crippen LogP contribution >= 0.6 is 0 Å². The van der Waals surface area contributed by atoms with Crippen LogP contribution in [0.2, 0.25) is 0 Å². The van der Waals surface area contributed by atoms with E-state index in [1.54, 1.807) is 24.5 Å². The lowest BCUT2D eigenvalue weighted by Gasteiger charge is -2.31. The number of amides is 2. The maximum absolute atomic E-state index is 12.6. The van der Waals surface area contributed by atoms with Gasteiger partial charge in [-0.25, -0.2) is 0 Å². The minimum absolute atomic E-state index is 0.0710. The van der Waals surface area contributed by atoms with Crippen molar-refractivity contribution in [3.63, 3.8) is 0 Å². The average Bonchev–Trinajstić information content (AvgIpc) is 3.44. The molecule has 2 aromatic heterocycles. The Labute approximate surface area is 162 Å². The standard InChI is InChI=1S/C21H22N4O3/c26-20(22-14-17-7-4-12-28-17)19-13-18(23-24-19)15-8-10-25(11-9-15)21(27)16-5-2-1-3-6-16/h1-7,12-13,15H,8-11,14H2,(H,22,26)(H,23,24). The second-order valence-electron chi connectivity index (χ2n) is 6.90. The zero-order valence-electron chi connectivity index (χ0n) is 15.4. The molecule has 1 aliphatic rings. The van der Waals surface area contributed by atoms with Crippen molar-refractivity contribution in [1.82, 2.24) is 20.4 Å². The van der Waals surface area contributed by atoms with E-state index in [2.05, 4.69) is 15.5 Å². The van der Waals surface area contributed by atoms with E-state index in [0.717, 1.165) is 24.1 Å². The lowest BCUT2D eigenvalue weighted by atomic mass is 9.93. The number of aromatic nitrogens is 2. The summed E-state index contributed by atoms with van der Waals surface area (Å²) in [5.74, 6) is 0.788. The van der Waals surface area contributed by atoms with Crippen LogP contribution in [0.5, 0.6) is 0 Å². The van der Waals surface area contributed by atoms with Gasteiger partial charge in [-0.2, -0.15) is 5.10 Å². The predicted molar refractivity (Wildman–Crippen MR) is 103 cm³/mol.